The summed E-state index contributed by atoms with van der Waals surface area (Å²) in [6.45, 7) is 0.256. The van der Waals surface area contributed by atoms with E-state index in [0.717, 1.165) is 0 Å². The second kappa shape index (κ2) is 6.00. The number of nitrogens with zero attached hydrogens (tertiary/aromatic N) is 3. The minimum absolute atomic E-state index is 0.0292. The third-order valence-electron chi connectivity index (χ3n) is 2.95. The van der Waals surface area contributed by atoms with Crippen molar-refractivity contribution in [3.63, 3.8) is 0 Å². The fourth-order valence-electron chi connectivity index (χ4n) is 1.95. The highest BCUT2D eigenvalue weighted by Crippen LogP contribution is 2.27. The van der Waals surface area contributed by atoms with Gasteiger partial charge in [0.2, 0.25) is 0 Å². The molecule has 0 atom stereocenters. The van der Waals surface area contributed by atoms with Crippen LogP contribution >= 0.6 is 0 Å². The van der Waals surface area contributed by atoms with Crippen LogP contribution in [-0.2, 0) is 6.54 Å². The first-order chi connectivity index (χ1) is 10.0. The Morgan fingerprint density at radius 3 is 2.71 bits per heavy atom. The maximum absolute atomic E-state index is 12.4. The largest absolute Gasteiger partial charge is 0.393 e. The molecular weight excluding hydrogens is 272 g/mol. The normalized spacial score (nSPS) is 10.1. The average molecular weight is 286 g/mol. The molecule has 0 radical (unpaired) electrons. The summed E-state index contributed by atoms with van der Waals surface area (Å²) >= 11 is 0. The van der Waals surface area contributed by atoms with E-state index in [9.17, 15) is 14.9 Å². The molecule has 7 heteroatoms. The highest BCUT2D eigenvalue weighted by Gasteiger charge is 2.25. The van der Waals surface area contributed by atoms with Gasteiger partial charge in [-0.3, -0.25) is 19.9 Å². The van der Waals surface area contributed by atoms with Gasteiger partial charge >= 0.3 is 5.69 Å². The Bertz CT molecular complexity index is 673. The maximum atomic E-state index is 12.4. The van der Waals surface area contributed by atoms with Crippen LogP contribution in [0.2, 0.25) is 0 Å². The van der Waals surface area contributed by atoms with E-state index in [1.54, 1.807) is 25.4 Å². The third kappa shape index (κ3) is 3.14. The van der Waals surface area contributed by atoms with Crippen LogP contribution in [0.3, 0.4) is 0 Å². The van der Waals surface area contributed by atoms with E-state index in [-0.39, 0.29) is 23.5 Å². The van der Waals surface area contributed by atoms with Crippen molar-refractivity contribution in [2.24, 2.45) is 0 Å². The van der Waals surface area contributed by atoms with Gasteiger partial charge < -0.3 is 10.6 Å². The van der Waals surface area contributed by atoms with Crippen LogP contribution in [0.4, 0.5) is 11.4 Å². The number of hydrogen-bond donors (Lipinski definition) is 1. The minimum atomic E-state index is -0.642. The van der Waals surface area contributed by atoms with E-state index < -0.39 is 10.8 Å². The number of amides is 1. The second-order valence-corrected chi connectivity index (χ2v) is 4.48. The highest BCUT2D eigenvalue weighted by molar-refractivity contribution is 6.00. The molecule has 7 nitrogen and oxygen atoms in total. The summed E-state index contributed by atoms with van der Waals surface area (Å²) in [7, 11) is 1.56. The Morgan fingerprint density at radius 1 is 1.33 bits per heavy atom. The van der Waals surface area contributed by atoms with Crippen molar-refractivity contribution in [1.29, 1.82) is 0 Å². The summed E-state index contributed by atoms with van der Waals surface area (Å²) in [6, 6.07) is 9.67. The van der Waals surface area contributed by atoms with Gasteiger partial charge in [0.25, 0.3) is 5.91 Å². The minimum Gasteiger partial charge on any atom is -0.393 e. The monoisotopic (exact) mass is 286 g/mol. The number of anilines is 1. The molecule has 0 saturated carbocycles. The first kappa shape index (κ1) is 14.4. The zero-order valence-corrected chi connectivity index (χ0v) is 11.4. The lowest BCUT2D eigenvalue weighted by Gasteiger charge is -2.17. The van der Waals surface area contributed by atoms with Crippen molar-refractivity contribution in [1.82, 2.24) is 9.88 Å². The molecule has 1 heterocycles. The van der Waals surface area contributed by atoms with Crippen molar-refractivity contribution in [2.45, 2.75) is 6.54 Å². The van der Waals surface area contributed by atoms with Gasteiger partial charge in [0.05, 0.1) is 17.2 Å². The Labute approximate surface area is 121 Å². The van der Waals surface area contributed by atoms with Crippen LogP contribution in [0.5, 0.6) is 0 Å². The molecule has 2 N–H and O–H groups in total. The standard InChI is InChI=1S/C14H14N4O3/c1-17(9-10-5-2-3-8-16-10)14(19)11-6-4-7-12(15)13(11)18(20)21/h2-8H,9,15H2,1H3. The molecule has 0 unspecified atom stereocenters. The van der Waals surface area contributed by atoms with E-state index in [4.69, 9.17) is 5.73 Å². The van der Waals surface area contributed by atoms with E-state index in [0.29, 0.717) is 5.69 Å². The molecular formula is C14H14N4O3. The molecule has 2 rings (SSSR count). The van der Waals surface area contributed by atoms with Crippen molar-refractivity contribution in [2.75, 3.05) is 12.8 Å². The van der Waals surface area contributed by atoms with Crippen molar-refractivity contribution < 1.29 is 9.72 Å². The van der Waals surface area contributed by atoms with Crippen LogP contribution in [0.15, 0.2) is 42.6 Å². The number of aromatic nitrogens is 1. The van der Waals surface area contributed by atoms with Crippen LogP contribution in [0.25, 0.3) is 0 Å². The van der Waals surface area contributed by atoms with Crippen molar-refractivity contribution in [3.05, 3.63) is 64.0 Å². The van der Waals surface area contributed by atoms with Crippen molar-refractivity contribution >= 4 is 17.3 Å². The number of nitrogen functional groups attached to an aromatic ring is 1. The maximum Gasteiger partial charge on any atom is 0.304 e. The van der Waals surface area contributed by atoms with E-state index in [2.05, 4.69) is 4.98 Å². The number of carbonyl (C=O) groups excluding carboxylic acids is 1. The first-order valence-electron chi connectivity index (χ1n) is 6.19. The Kier molecular flexibility index (Phi) is 4.13. The lowest BCUT2D eigenvalue weighted by atomic mass is 10.1. The predicted octanol–water partition coefficient (Wildman–Crippen LogP) is 1.84. The lowest BCUT2D eigenvalue weighted by Crippen LogP contribution is -2.27. The van der Waals surface area contributed by atoms with E-state index in [1.165, 1.54) is 23.1 Å². The summed E-state index contributed by atoms with van der Waals surface area (Å²) in [5.41, 5.74) is 5.86. The number of hydrogen-bond acceptors (Lipinski definition) is 5. The van der Waals surface area contributed by atoms with Gasteiger partial charge in [-0.1, -0.05) is 12.1 Å². The number of pyridine rings is 1. The van der Waals surface area contributed by atoms with Gasteiger partial charge in [-0.25, -0.2) is 0 Å². The van der Waals surface area contributed by atoms with Gasteiger partial charge in [0.1, 0.15) is 11.3 Å². The van der Waals surface area contributed by atoms with Crippen LogP contribution in [0.1, 0.15) is 16.1 Å². The number of nitro benzene ring substituents is 1. The van der Waals surface area contributed by atoms with Gasteiger partial charge in [-0.15, -0.1) is 0 Å². The van der Waals surface area contributed by atoms with Crippen molar-refractivity contribution in [3.8, 4) is 0 Å². The number of benzene rings is 1. The molecule has 1 aromatic heterocycles. The third-order valence-corrected chi connectivity index (χ3v) is 2.95. The van der Waals surface area contributed by atoms with Gasteiger partial charge in [0.15, 0.2) is 0 Å². The number of para-hydroxylation sites is 1. The fourth-order valence-corrected chi connectivity index (χ4v) is 1.95. The van der Waals surface area contributed by atoms with Gasteiger partial charge in [-0.05, 0) is 24.3 Å². The SMILES string of the molecule is CN(Cc1ccccn1)C(=O)c1cccc(N)c1[N+](=O)[O-]. The molecule has 108 valence electrons. The van der Waals surface area contributed by atoms with E-state index >= 15 is 0 Å². The summed E-state index contributed by atoms with van der Waals surface area (Å²) in [5, 5.41) is 11.1. The topological polar surface area (TPSA) is 102 Å². The lowest BCUT2D eigenvalue weighted by molar-refractivity contribution is -0.384. The first-order valence-corrected chi connectivity index (χ1v) is 6.19. The van der Waals surface area contributed by atoms with Crippen LogP contribution < -0.4 is 5.73 Å². The molecule has 0 spiro atoms. The molecule has 0 aliphatic carbocycles. The molecule has 0 aliphatic rings. The average Bonchev–Trinajstić information content (AvgIpc) is 2.46. The molecule has 0 fully saturated rings. The molecule has 1 aromatic carbocycles. The molecule has 0 bridgehead atoms. The molecule has 1 amide bonds. The van der Waals surface area contributed by atoms with E-state index in [1.807, 2.05) is 6.07 Å². The van der Waals surface area contributed by atoms with Crippen LogP contribution in [0, 0.1) is 10.1 Å². The summed E-state index contributed by atoms with van der Waals surface area (Å²) < 4.78 is 0. The zero-order chi connectivity index (χ0) is 15.4. The van der Waals surface area contributed by atoms with Crippen LogP contribution in [-0.4, -0.2) is 27.8 Å². The number of carbonyl (C=O) groups is 1. The van der Waals surface area contributed by atoms with Gasteiger partial charge in [0, 0.05) is 13.2 Å². The quantitative estimate of drug-likeness (QED) is 0.525. The Balaban J connectivity index is 2.28. The fraction of sp³-hybridized carbons (Fsp3) is 0.143. The summed E-state index contributed by atoms with van der Waals surface area (Å²) in [4.78, 5) is 28.3. The molecule has 21 heavy (non-hydrogen) atoms. The predicted molar refractivity (Wildman–Crippen MR) is 77.5 cm³/mol. The zero-order valence-electron chi connectivity index (χ0n) is 11.4. The highest BCUT2D eigenvalue weighted by atomic mass is 16.6. The molecule has 2 aromatic rings. The number of rotatable bonds is 4. The smallest absolute Gasteiger partial charge is 0.304 e. The van der Waals surface area contributed by atoms with Gasteiger partial charge in [-0.2, -0.15) is 0 Å². The Morgan fingerprint density at radius 2 is 2.10 bits per heavy atom. The number of nitrogens with two attached hydrogens (primary N) is 1. The molecule has 0 saturated heterocycles. The Hall–Kier alpha value is -2.96. The summed E-state index contributed by atoms with van der Waals surface area (Å²) in [6.07, 6.45) is 1.62. The number of nitro groups is 1. The molecule has 0 aliphatic heterocycles. The second-order valence-electron chi connectivity index (χ2n) is 4.48. The summed E-state index contributed by atoms with van der Waals surface area (Å²) in [5.74, 6) is -0.473.